The van der Waals surface area contributed by atoms with Crippen LogP contribution in [0.25, 0.3) is 0 Å². The highest BCUT2D eigenvalue weighted by Crippen LogP contribution is 2.27. The number of fused-ring (bicyclic) bond motifs is 1. The van der Waals surface area contributed by atoms with Crippen LogP contribution in [0.1, 0.15) is 24.0 Å². The van der Waals surface area contributed by atoms with Gasteiger partial charge in [0.25, 0.3) is 5.91 Å². The van der Waals surface area contributed by atoms with Crippen molar-refractivity contribution in [2.24, 2.45) is 0 Å². The molecule has 1 aromatic heterocycles. The molecule has 0 unspecified atom stereocenters. The highest BCUT2D eigenvalue weighted by Gasteiger charge is 2.29. The van der Waals surface area contributed by atoms with Gasteiger partial charge in [-0.2, -0.15) is 0 Å². The number of nitrogens with one attached hydrogen (secondary N) is 1. The summed E-state index contributed by atoms with van der Waals surface area (Å²) in [6, 6.07) is 9.48. The summed E-state index contributed by atoms with van der Waals surface area (Å²) in [5, 5.41) is 0. The van der Waals surface area contributed by atoms with Crippen LogP contribution < -0.4 is 14.5 Å². The Balaban J connectivity index is 1.47. The van der Waals surface area contributed by atoms with Crippen LogP contribution in [0.15, 0.2) is 30.3 Å². The molecule has 7 nitrogen and oxygen atoms in total. The Morgan fingerprint density at radius 1 is 1.14 bits per heavy atom. The fourth-order valence-corrected chi connectivity index (χ4v) is 4.13. The van der Waals surface area contributed by atoms with E-state index >= 15 is 0 Å². The minimum Gasteiger partial charge on any atom is -0.484 e. The highest BCUT2D eigenvalue weighted by atomic mass is 16.5. The van der Waals surface area contributed by atoms with Gasteiger partial charge < -0.3 is 19.4 Å². The number of anilines is 1. The number of piperazine rings is 1. The lowest BCUT2D eigenvalue weighted by atomic mass is 10.0. The first kappa shape index (κ1) is 19.6. The molecule has 3 heterocycles. The topological polar surface area (TPSA) is 63.0 Å². The Morgan fingerprint density at radius 2 is 1.90 bits per heavy atom. The van der Waals surface area contributed by atoms with Crippen molar-refractivity contribution in [2.45, 2.75) is 26.8 Å². The van der Waals surface area contributed by atoms with Gasteiger partial charge >= 0.3 is 0 Å². The van der Waals surface area contributed by atoms with Crippen molar-refractivity contribution in [2.75, 3.05) is 50.8 Å². The number of hydrogen-bond acceptors (Lipinski definition) is 5. The number of aromatic nitrogens is 2. The molecule has 2 aliphatic rings. The van der Waals surface area contributed by atoms with E-state index in [1.807, 2.05) is 42.2 Å². The van der Waals surface area contributed by atoms with Crippen LogP contribution in [-0.4, -0.2) is 66.7 Å². The van der Waals surface area contributed by atoms with Crippen LogP contribution in [-0.2, 0) is 17.8 Å². The van der Waals surface area contributed by atoms with E-state index in [0.717, 1.165) is 55.5 Å². The third-order valence-electron chi connectivity index (χ3n) is 5.88. The molecule has 1 fully saturated rings. The predicted octanol–water partition coefficient (Wildman–Crippen LogP) is 0.474. The molecule has 1 amide bonds. The number of carbonyl (C=O) groups is 1. The van der Waals surface area contributed by atoms with E-state index in [0.29, 0.717) is 18.8 Å². The highest BCUT2D eigenvalue weighted by molar-refractivity contribution is 5.78. The molecular formula is C22H30N5O2+. The number of para-hydroxylation sites is 1. The van der Waals surface area contributed by atoms with E-state index in [9.17, 15) is 4.79 Å². The van der Waals surface area contributed by atoms with Crippen LogP contribution in [0, 0.1) is 6.92 Å². The number of ether oxygens (including phenoxy) is 1. The van der Waals surface area contributed by atoms with Crippen molar-refractivity contribution in [3.63, 3.8) is 0 Å². The van der Waals surface area contributed by atoms with Crippen LogP contribution in [0.4, 0.5) is 5.82 Å². The SMILES string of the molecule is CC[NH+]1CCN(c2nc(C)nc3c2CN(C(=O)COc2ccccc2)CC3)CC1. The Kier molecular flexibility index (Phi) is 5.94. The van der Waals surface area contributed by atoms with Crippen molar-refractivity contribution < 1.29 is 14.4 Å². The average Bonchev–Trinajstić information content (AvgIpc) is 2.77. The lowest BCUT2D eigenvalue weighted by Crippen LogP contribution is -3.14. The number of aryl methyl sites for hydroxylation is 1. The zero-order chi connectivity index (χ0) is 20.2. The number of benzene rings is 1. The third kappa shape index (κ3) is 4.50. The zero-order valence-corrected chi connectivity index (χ0v) is 17.4. The van der Waals surface area contributed by atoms with Gasteiger partial charge in [0.1, 0.15) is 17.4 Å². The summed E-state index contributed by atoms with van der Waals surface area (Å²) in [4.78, 5) is 28.1. The van der Waals surface area contributed by atoms with Crippen molar-refractivity contribution in [1.29, 1.82) is 0 Å². The fourth-order valence-electron chi connectivity index (χ4n) is 4.13. The van der Waals surface area contributed by atoms with Gasteiger partial charge in [0.2, 0.25) is 0 Å². The summed E-state index contributed by atoms with van der Waals surface area (Å²) in [7, 11) is 0. The van der Waals surface area contributed by atoms with Crippen molar-refractivity contribution in [3.8, 4) is 5.75 Å². The second-order valence-corrected chi connectivity index (χ2v) is 7.78. The summed E-state index contributed by atoms with van der Waals surface area (Å²) < 4.78 is 5.66. The van der Waals surface area contributed by atoms with E-state index in [-0.39, 0.29) is 12.5 Å². The zero-order valence-electron chi connectivity index (χ0n) is 17.4. The number of rotatable bonds is 5. The number of nitrogens with zero attached hydrogens (tertiary/aromatic N) is 4. The number of quaternary nitrogens is 1. The monoisotopic (exact) mass is 396 g/mol. The first-order chi connectivity index (χ1) is 14.1. The number of hydrogen-bond donors (Lipinski definition) is 1. The second-order valence-electron chi connectivity index (χ2n) is 7.78. The minimum absolute atomic E-state index is 0.00581. The van der Waals surface area contributed by atoms with E-state index in [1.165, 1.54) is 6.54 Å². The van der Waals surface area contributed by atoms with Gasteiger partial charge in [-0.15, -0.1) is 0 Å². The average molecular weight is 397 g/mol. The van der Waals surface area contributed by atoms with E-state index < -0.39 is 0 Å². The normalized spacial score (nSPS) is 17.2. The van der Waals surface area contributed by atoms with Gasteiger partial charge in [-0.1, -0.05) is 18.2 Å². The van der Waals surface area contributed by atoms with Crippen molar-refractivity contribution in [3.05, 3.63) is 47.4 Å². The van der Waals surface area contributed by atoms with E-state index in [1.54, 1.807) is 4.90 Å². The molecule has 1 saturated heterocycles. The van der Waals surface area contributed by atoms with Crippen LogP contribution in [0.5, 0.6) is 5.75 Å². The molecule has 1 N–H and O–H groups in total. The number of carbonyl (C=O) groups excluding carboxylic acids is 1. The molecule has 2 aliphatic heterocycles. The molecule has 4 rings (SSSR count). The molecule has 29 heavy (non-hydrogen) atoms. The molecule has 0 radical (unpaired) electrons. The standard InChI is InChI=1S/C22H29N5O2/c1-3-25-11-13-26(14-12-25)22-19-15-27(10-9-20(19)23-17(2)24-22)21(28)16-29-18-7-5-4-6-8-18/h4-8H,3,9-16H2,1-2H3/p+1. The second kappa shape index (κ2) is 8.78. The molecule has 7 heteroatoms. The molecule has 0 spiro atoms. The van der Waals surface area contributed by atoms with Crippen LogP contribution in [0.3, 0.4) is 0 Å². The largest absolute Gasteiger partial charge is 0.484 e. The Morgan fingerprint density at radius 3 is 2.62 bits per heavy atom. The van der Waals surface area contributed by atoms with Gasteiger partial charge in [0.05, 0.1) is 45.0 Å². The Bertz CT molecular complexity index is 850. The summed E-state index contributed by atoms with van der Waals surface area (Å²) >= 11 is 0. The van der Waals surface area contributed by atoms with Gasteiger partial charge in [0.15, 0.2) is 6.61 Å². The predicted molar refractivity (Wildman–Crippen MR) is 111 cm³/mol. The Labute approximate surface area is 172 Å². The first-order valence-corrected chi connectivity index (χ1v) is 10.5. The van der Waals surface area contributed by atoms with Crippen molar-refractivity contribution in [1.82, 2.24) is 14.9 Å². The third-order valence-corrected chi connectivity index (χ3v) is 5.88. The van der Waals surface area contributed by atoms with Gasteiger partial charge in [-0.3, -0.25) is 4.79 Å². The van der Waals surface area contributed by atoms with E-state index in [2.05, 4.69) is 16.8 Å². The van der Waals surface area contributed by atoms with Crippen LogP contribution >= 0.6 is 0 Å². The molecule has 154 valence electrons. The Hall–Kier alpha value is -2.67. The molecule has 0 bridgehead atoms. The van der Waals surface area contributed by atoms with Crippen LogP contribution in [0.2, 0.25) is 0 Å². The molecule has 2 aromatic rings. The molecule has 0 aliphatic carbocycles. The lowest BCUT2D eigenvalue weighted by molar-refractivity contribution is -0.898. The minimum atomic E-state index is 0.00581. The smallest absolute Gasteiger partial charge is 0.260 e. The molecular weight excluding hydrogens is 366 g/mol. The van der Waals surface area contributed by atoms with Gasteiger partial charge in [0, 0.05) is 18.5 Å². The number of likely N-dealkylation sites (N-methyl/N-ethyl adjacent to an activating group) is 1. The molecule has 1 aromatic carbocycles. The number of amides is 1. The summed E-state index contributed by atoms with van der Waals surface area (Å²) in [6.07, 6.45) is 0.767. The molecule has 0 saturated carbocycles. The molecule has 0 atom stereocenters. The maximum atomic E-state index is 12.8. The summed E-state index contributed by atoms with van der Waals surface area (Å²) in [5.74, 6) is 2.56. The maximum absolute atomic E-state index is 12.8. The maximum Gasteiger partial charge on any atom is 0.260 e. The fraction of sp³-hybridized carbons (Fsp3) is 0.500. The summed E-state index contributed by atoms with van der Waals surface area (Å²) in [5.41, 5.74) is 2.20. The quantitative estimate of drug-likeness (QED) is 0.796. The first-order valence-electron chi connectivity index (χ1n) is 10.5. The van der Waals surface area contributed by atoms with E-state index in [4.69, 9.17) is 9.72 Å². The summed E-state index contributed by atoms with van der Waals surface area (Å²) in [6.45, 7) is 10.9. The lowest BCUT2D eigenvalue weighted by Gasteiger charge is -2.36. The van der Waals surface area contributed by atoms with Gasteiger partial charge in [-0.25, -0.2) is 9.97 Å². The van der Waals surface area contributed by atoms with Gasteiger partial charge in [-0.05, 0) is 26.0 Å². The van der Waals surface area contributed by atoms with Crippen molar-refractivity contribution >= 4 is 11.7 Å².